The van der Waals surface area contributed by atoms with E-state index in [1.807, 2.05) is 0 Å². The van der Waals surface area contributed by atoms with Crippen LogP contribution in [0.4, 0.5) is 13.2 Å². The summed E-state index contributed by atoms with van der Waals surface area (Å²) in [5.74, 6) is 0. The number of carbonyl (C=O) groups excluding carboxylic acids is 1. The second-order valence-electron chi connectivity index (χ2n) is 1.18. The van der Waals surface area contributed by atoms with Crippen LogP contribution in [0.5, 0.6) is 0 Å². The zero-order valence-electron chi connectivity index (χ0n) is 4.07. The van der Waals surface area contributed by atoms with E-state index in [0.29, 0.717) is 7.05 Å². The minimum absolute atomic E-state index is 0.292. The number of carbonyl (C=O) groups is 1. The van der Waals surface area contributed by atoms with E-state index in [2.05, 4.69) is 0 Å². The molecule has 0 N–H and O–H groups in total. The van der Waals surface area contributed by atoms with Crippen LogP contribution in [0.15, 0.2) is 0 Å². The molecule has 0 aromatic rings. The lowest BCUT2D eigenvalue weighted by Crippen LogP contribution is -2.32. The third-order valence-electron chi connectivity index (χ3n) is 0.558. The Morgan fingerprint density at radius 3 is 1.88 bits per heavy atom. The first-order valence-corrected chi connectivity index (χ1v) is 1.73. The minimum atomic E-state index is -4.53. The van der Waals surface area contributed by atoms with E-state index in [0.717, 1.165) is 0 Å². The number of nitrogens with zero attached hydrogens (tertiary/aromatic N) is 1. The Kier molecular flexibility index (Phi) is 1.83. The third-order valence-corrected chi connectivity index (χ3v) is 0.558. The lowest BCUT2D eigenvalue weighted by atomic mass is 10.9. The van der Waals surface area contributed by atoms with E-state index in [-0.39, 0.29) is 11.3 Å². The van der Waals surface area contributed by atoms with Crippen molar-refractivity contribution in [3.05, 3.63) is 0 Å². The average Bonchev–Trinajstić information content (AvgIpc) is 1.62. The molecular weight excluding hydrogens is 123 g/mol. The summed E-state index contributed by atoms with van der Waals surface area (Å²) in [6.45, 7) is 0. The summed E-state index contributed by atoms with van der Waals surface area (Å²) in [5, 5.41) is 0. The normalized spacial score (nSPS) is 11.0. The van der Waals surface area contributed by atoms with Crippen molar-refractivity contribution in [1.82, 2.24) is 4.90 Å². The molecule has 0 heterocycles. The van der Waals surface area contributed by atoms with E-state index in [9.17, 15) is 18.0 Å². The first kappa shape index (κ1) is 7.26. The molecule has 0 spiro atoms. The predicted molar refractivity (Wildman–Crippen MR) is 19.9 cm³/mol. The second kappa shape index (κ2) is 2.02. The van der Waals surface area contributed by atoms with Crippen LogP contribution in [0, 0.1) is 0 Å². The van der Waals surface area contributed by atoms with Crippen molar-refractivity contribution in [3.8, 4) is 0 Å². The van der Waals surface area contributed by atoms with Crippen LogP contribution in [0.2, 0.25) is 0 Å². The maximum Gasteiger partial charge on any atom is 0.486 e. The number of hydrogen-bond donors (Lipinski definition) is 0. The van der Waals surface area contributed by atoms with Gasteiger partial charge in [0.05, 0.1) is 0 Å². The summed E-state index contributed by atoms with van der Waals surface area (Å²) in [5.41, 5.74) is 0. The van der Waals surface area contributed by atoms with Crippen LogP contribution in [0.3, 0.4) is 0 Å². The molecule has 0 fully saturated rings. The Hall–Kier alpha value is -0.740. The van der Waals surface area contributed by atoms with E-state index in [1.165, 1.54) is 0 Å². The van der Waals surface area contributed by atoms with Gasteiger partial charge in [-0.15, -0.1) is 0 Å². The van der Waals surface area contributed by atoms with Gasteiger partial charge in [0, 0.05) is 7.05 Å². The zero-order valence-corrected chi connectivity index (χ0v) is 4.07. The first-order chi connectivity index (χ1) is 3.48. The van der Waals surface area contributed by atoms with Crippen LogP contribution in [0.25, 0.3) is 0 Å². The topological polar surface area (TPSA) is 20.3 Å². The molecule has 5 heteroatoms. The molecule has 0 aliphatic carbocycles. The molecule has 8 heavy (non-hydrogen) atoms. The molecular formula is C3H4F3NO. The molecule has 0 bridgehead atoms. The smallest absolute Gasteiger partial charge is 0.278 e. The highest BCUT2D eigenvalue weighted by Crippen LogP contribution is 2.16. The number of rotatable bonds is 1. The average molecular weight is 127 g/mol. The van der Waals surface area contributed by atoms with Crippen molar-refractivity contribution in [3.63, 3.8) is 0 Å². The quantitative estimate of drug-likeness (QED) is 0.373. The fraction of sp³-hybridized carbons (Fsp3) is 0.667. The van der Waals surface area contributed by atoms with Gasteiger partial charge in [-0.05, 0) is 0 Å². The summed E-state index contributed by atoms with van der Waals surface area (Å²) < 4.78 is 33.4. The Morgan fingerprint density at radius 2 is 1.88 bits per heavy atom. The van der Waals surface area contributed by atoms with E-state index >= 15 is 0 Å². The molecule has 0 aliphatic heterocycles. The highest BCUT2D eigenvalue weighted by Gasteiger charge is 2.32. The monoisotopic (exact) mass is 127 g/mol. The van der Waals surface area contributed by atoms with Gasteiger partial charge in [-0.25, -0.2) is 0 Å². The molecule has 0 atom stereocenters. The summed E-state index contributed by atoms with van der Waals surface area (Å²) in [4.78, 5) is 8.99. The lowest BCUT2D eigenvalue weighted by molar-refractivity contribution is -0.226. The van der Waals surface area contributed by atoms with Gasteiger partial charge in [0.2, 0.25) is 6.41 Å². The number of hydrogen-bond acceptors (Lipinski definition) is 1. The van der Waals surface area contributed by atoms with Gasteiger partial charge in [-0.1, -0.05) is 0 Å². The van der Waals surface area contributed by atoms with Crippen molar-refractivity contribution in [1.29, 1.82) is 0 Å². The summed E-state index contributed by atoms with van der Waals surface area (Å²) in [7, 11) is 0.646. The van der Waals surface area contributed by atoms with Crippen molar-refractivity contribution in [2.24, 2.45) is 0 Å². The van der Waals surface area contributed by atoms with Gasteiger partial charge < -0.3 is 0 Å². The van der Waals surface area contributed by atoms with Crippen LogP contribution in [-0.4, -0.2) is 24.7 Å². The van der Waals surface area contributed by atoms with Crippen molar-refractivity contribution in [2.45, 2.75) is 6.30 Å². The molecule has 0 saturated heterocycles. The van der Waals surface area contributed by atoms with Crippen LogP contribution >= 0.6 is 0 Å². The van der Waals surface area contributed by atoms with Crippen molar-refractivity contribution in [2.75, 3.05) is 7.05 Å². The van der Waals surface area contributed by atoms with Crippen molar-refractivity contribution < 1.29 is 18.0 Å². The van der Waals surface area contributed by atoms with E-state index < -0.39 is 6.30 Å². The van der Waals surface area contributed by atoms with Gasteiger partial charge >= 0.3 is 6.30 Å². The standard InChI is InChI=1S/C3H4F3NO/c1-7(2-8)3(4,5)6/h2H,1H3. The lowest BCUT2D eigenvalue weighted by Gasteiger charge is -2.12. The number of amides is 1. The molecule has 48 valence electrons. The highest BCUT2D eigenvalue weighted by atomic mass is 19.4. The molecule has 0 radical (unpaired) electrons. The number of halogens is 3. The fourth-order valence-corrected chi connectivity index (χ4v) is 0.0598. The minimum Gasteiger partial charge on any atom is -0.278 e. The van der Waals surface area contributed by atoms with Gasteiger partial charge in [0.1, 0.15) is 0 Å². The summed E-state index contributed by atoms with van der Waals surface area (Å²) in [6, 6.07) is 0. The molecule has 0 rings (SSSR count). The SMILES string of the molecule is CN(C=O)C(F)(F)F. The van der Waals surface area contributed by atoms with Gasteiger partial charge in [0.15, 0.2) is 0 Å². The van der Waals surface area contributed by atoms with Crippen LogP contribution < -0.4 is 0 Å². The first-order valence-electron chi connectivity index (χ1n) is 1.73. The Balaban J connectivity index is 3.80. The Morgan fingerprint density at radius 1 is 1.50 bits per heavy atom. The molecule has 1 amide bonds. The summed E-state index contributed by atoms with van der Waals surface area (Å²) >= 11 is 0. The fourth-order valence-electron chi connectivity index (χ4n) is 0.0598. The Labute approximate surface area is 43.9 Å². The third kappa shape index (κ3) is 1.81. The molecule has 0 unspecified atom stereocenters. The van der Waals surface area contributed by atoms with E-state index in [1.54, 1.807) is 0 Å². The van der Waals surface area contributed by atoms with E-state index in [4.69, 9.17) is 0 Å². The second-order valence-corrected chi connectivity index (χ2v) is 1.18. The molecule has 0 aliphatic rings. The maximum atomic E-state index is 11.1. The maximum absolute atomic E-state index is 11.1. The molecule has 2 nitrogen and oxygen atoms in total. The van der Waals surface area contributed by atoms with Gasteiger partial charge in [-0.3, -0.25) is 9.69 Å². The van der Waals surface area contributed by atoms with Crippen molar-refractivity contribution >= 4 is 6.41 Å². The van der Waals surface area contributed by atoms with Crippen LogP contribution in [-0.2, 0) is 4.79 Å². The zero-order chi connectivity index (χ0) is 6.78. The Bertz CT molecular complexity index is 89.0. The summed E-state index contributed by atoms with van der Waals surface area (Å²) in [6.07, 6.45) is -4.82. The largest absolute Gasteiger partial charge is 0.486 e. The molecule has 0 saturated carbocycles. The van der Waals surface area contributed by atoms with Crippen LogP contribution in [0.1, 0.15) is 0 Å². The van der Waals surface area contributed by atoms with Gasteiger partial charge in [-0.2, -0.15) is 13.2 Å². The molecule has 0 aromatic carbocycles. The highest BCUT2D eigenvalue weighted by molar-refractivity contribution is 5.46. The number of alkyl halides is 3. The molecule has 0 aromatic heterocycles. The predicted octanol–water partition coefficient (Wildman–Crippen LogP) is 0.594. The van der Waals surface area contributed by atoms with Gasteiger partial charge in [0.25, 0.3) is 0 Å².